The van der Waals surface area contributed by atoms with E-state index in [0.717, 1.165) is 135 Å². The fraction of sp³-hybridized carbons (Fsp3) is 0.681. The molecule has 30 heteroatoms. The number of aliphatic hydroxyl groups excluding tert-OH is 1. The number of urea groups is 1. The van der Waals surface area contributed by atoms with Crippen molar-refractivity contribution in [3.05, 3.63) is 130 Å². The zero-order valence-electron chi connectivity index (χ0n) is 93.4. The minimum Gasteiger partial charge on any atom is -0.493 e. The highest BCUT2D eigenvalue weighted by Crippen LogP contribution is 2.47. The quantitative estimate of drug-likeness (QED) is 0.00427. The Hall–Kier alpha value is -9.40. The van der Waals surface area contributed by atoms with Gasteiger partial charge in [0.15, 0.2) is 0 Å². The van der Waals surface area contributed by atoms with E-state index < -0.39 is 28.6 Å². The molecule has 0 atom stereocenters. The monoisotopic (exact) mass is 2000 g/mol. The molecular formula is C113H187N13O17. The van der Waals surface area contributed by atoms with E-state index in [-0.39, 0.29) is 114 Å². The van der Waals surface area contributed by atoms with E-state index >= 15 is 0 Å². The second-order valence-corrected chi connectivity index (χ2v) is 43.8. The molecule has 1 spiro atoms. The van der Waals surface area contributed by atoms with Crippen molar-refractivity contribution in [2.24, 2.45) is 0 Å². The lowest BCUT2D eigenvalue weighted by atomic mass is 9.69. The normalized spacial score (nSPS) is 17.6. The summed E-state index contributed by atoms with van der Waals surface area (Å²) in [6, 6.07) is 29.2. The number of esters is 4. The molecule has 30 nitrogen and oxygen atoms in total. The average Bonchev–Trinajstić information content (AvgIpc) is 1.60. The molecule has 0 aromatic heterocycles. The standard InChI is InChI=1S/C31H48N2O5.C25H45N3O3.C15H26N2O.C14H20N2O.C14H27NO5.C11H12N2O2.C3H9N/c1-28(2)16-23(17-29(3,4)32(28)9)37-26(35)25(15-21-11-13-22(20-34)14-12-21)27(36)38-24-18-30(5,6)33(10)31(7,8)19-24;1-7-8-9-10-11-12-13-14-15-16-17-27-21(30)25(26-22(27)31)18-23(3,4)28(20(2)29)24(5,6)19-25;1-13-8-9-15(14(2)12-13)18-11-7-6-10-17(5)16(3)4;1-3-4-9-16-14(17)8-10-15(16)13-7-5-6-12(2)11-13;1-3-5-11-19-13(16)7-9-15(18)10-8-14(17)20-12-6-4-2;1-9-3-2-4-10(7-9)12-6-5-11(15)13(12)8-14;1-4(2)3/h11-15,23-24,34H,16-20H2,1-10H3;7-19H2,1-6H3,(H,26,31);8-9,12H,6-7,10-11H2,1-5H3;5-7,11H,3-4,8-10H2,1-2H3;18H,3-12H2,1-2H3;2-4,7-8H,5-6H2,1H3;1-3H3. The molecule has 806 valence electrons. The molecule has 6 aliphatic heterocycles. The number of imide groups is 2. The molecule has 0 aliphatic carbocycles. The Morgan fingerprint density at radius 1 is 0.503 bits per heavy atom. The Morgan fingerprint density at radius 2 is 0.944 bits per heavy atom. The second kappa shape index (κ2) is 61.3. The highest BCUT2D eigenvalue weighted by atomic mass is 16.6. The van der Waals surface area contributed by atoms with E-state index in [4.69, 9.17) is 23.7 Å². The van der Waals surface area contributed by atoms with E-state index in [1.54, 1.807) is 42.3 Å². The Balaban J connectivity index is 0.000000366. The summed E-state index contributed by atoms with van der Waals surface area (Å²) in [5, 5.41) is 34.0. The maximum Gasteiger partial charge on any atom is 0.345 e. The van der Waals surface area contributed by atoms with Gasteiger partial charge in [-0.25, -0.2) is 24.4 Å². The third-order valence-electron chi connectivity index (χ3n) is 27.4. The first kappa shape index (κ1) is 126. The van der Waals surface area contributed by atoms with Crippen LogP contribution in [0, 0.1) is 27.7 Å². The van der Waals surface area contributed by atoms with Gasteiger partial charge in [-0.05, 0) is 249 Å². The summed E-state index contributed by atoms with van der Waals surface area (Å²) in [5.41, 5.74) is 5.59. The van der Waals surface area contributed by atoms with E-state index in [9.17, 15) is 58.3 Å². The zero-order valence-corrected chi connectivity index (χ0v) is 93.4. The van der Waals surface area contributed by atoms with Gasteiger partial charge in [0.1, 0.15) is 29.1 Å². The number of likely N-dealkylation sites (tertiary alicyclic amines) is 3. The van der Waals surface area contributed by atoms with Crippen LogP contribution in [0.2, 0.25) is 0 Å². The van der Waals surface area contributed by atoms with Crippen LogP contribution < -0.4 is 20.1 Å². The number of hydrazine groups is 3. The van der Waals surface area contributed by atoms with Gasteiger partial charge in [0, 0.05) is 158 Å². The van der Waals surface area contributed by atoms with E-state index in [0.29, 0.717) is 89.6 Å². The number of unbranched alkanes of at least 4 members (excludes halogenated alkanes) is 13. The number of nitrogens with one attached hydrogen (secondary N) is 1. The number of nitrogens with zero attached hydrogens (tertiary/aromatic N) is 12. The molecule has 6 aliphatic rings. The maximum absolute atomic E-state index is 13.6. The number of carbonyl (C=O) groups excluding carboxylic acids is 10. The van der Waals surface area contributed by atoms with Crippen LogP contribution >= 0.6 is 0 Å². The Morgan fingerprint density at radius 3 is 1.38 bits per heavy atom. The second-order valence-electron chi connectivity index (χ2n) is 43.8. The van der Waals surface area contributed by atoms with Gasteiger partial charge in [0.05, 0.1) is 50.6 Å². The number of carbonyl (C=O) groups is 10. The molecule has 0 bridgehead atoms. The summed E-state index contributed by atoms with van der Waals surface area (Å²) >= 11 is 0. The molecule has 10 rings (SSSR count). The fourth-order valence-corrected chi connectivity index (χ4v) is 19.5. The van der Waals surface area contributed by atoms with Gasteiger partial charge in [-0.3, -0.25) is 63.3 Å². The van der Waals surface area contributed by atoms with Gasteiger partial charge in [-0.2, -0.15) is 10.1 Å². The van der Waals surface area contributed by atoms with Crippen molar-refractivity contribution in [3.8, 4) is 5.75 Å². The van der Waals surface area contributed by atoms with Crippen LogP contribution in [0.1, 0.15) is 331 Å². The number of hydrogen-bond donors (Lipinski definition) is 3. The Labute approximate surface area is 860 Å². The van der Waals surface area contributed by atoms with Crippen molar-refractivity contribution in [3.63, 3.8) is 0 Å². The average molecular weight is 2000 g/mol. The van der Waals surface area contributed by atoms with Gasteiger partial charge in [0.25, 0.3) is 5.91 Å². The summed E-state index contributed by atoms with van der Waals surface area (Å²) in [7, 11) is 16.4. The molecule has 0 unspecified atom stereocenters. The third kappa shape index (κ3) is 42.5. The van der Waals surface area contributed by atoms with Crippen LogP contribution in [-0.2, 0) is 68.7 Å². The van der Waals surface area contributed by atoms with Crippen LogP contribution in [0.4, 0.5) is 16.2 Å². The minimum absolute atomic E-state index is 0.00356. The summed E-state index contributed by atoms with van der Waals surface area (Å²) in [6.07, 6.45) is 26.6. The first-order valence-corrected chi connectivity index (χ1v) is 52.6. The number of benzene rings is 4. The summed E-state index contributed by atoms with van der Waals surface area (Å²) in [6.45, 7) is 49.0. The first-order chi connectivity index (χ1) is 67.1. The Bertz CT molecular complexity index is 4470. The van der Waals surface area contributed by atoms with Crippen LogP contribution in [-0.4, -0.2) is 293 Å². The first-order valence-electron chi connectivity index (χ1n) is 52.6. The lowest BCUT2D eigenvalue weighted by Gasteiger charge is -2.57. The van der Waals surface area contributed by atoms with Crippen LogP contribution in [0.25, 0.3) is 6.08 Å². The molecule has 3 N–H and O–H groups in total. The molecule has 6 heterocycles. The number of rotatable bonds is 42. The van der Waals surface area contributed by atoms with Crippen molar-refractivity contribution < 1.29 is 81.9 Å². The molecule has 143 heavy (non-hydrogen) atoms. The predicted octanol–water partition coefficient (Wildman–Crippen LogP) is 19.4. The number of ether oxygens (including phenoxy) is 5. The van der Waals surface area contributed by atoms with Crippen molar-refractivity contribution in [2.75, 3.05) is 132 Å². The van der Waals surface area contributed by atoms with Crippen molar-refractivity contribution >= 4 is 77.4 Å². The zero-order chi connectivity index (χ0) is 107. The smallest absolute Gasteiger partial charge is 0.345 e. The lowest BCUT2D eigenvalue weighted by molar-refractivity contribution is -0.162. The van der Waals surface area contributed by atoms with Crippen LogP contribution in [0.15, 0.2) is 96.6 Å². The molecule has 4 aromatic rings. The molecule has 0 radical (unpaired) electrons. The number of hydroxylamine groups is 2. The molecule has 6 fully saturated rings. The van der Waals surface area contributed by atoms with Crippen molar-refractivity contribution in [2.45, 2.75) is 383 Å². The summed E-state index contributed by atoms with van der Waals surface area (Å²) < 4.78 is 27.7. The summed E-state index contributed by atoms with van der Waals surface area (Å²) in [4.78, 5) is 132. The maximum atomic E-state index is 13.6. The Kier molecular flexibility index (Phi) is 53.9. The predicted molar refractivity (Wildman–Crippen MR) is 572 cm³/mol. The highest BCUT2D eigenvalue weighted by Gasteiger charge is 2.62. The van der Waals surface area contributed by atoms with Gasteiger partial charge in [-0.15, -0.1) is 0 Å². The van der Waals surface area contributed by atoms with Crippen LogP contribution in [0.5, 0.6) is 5.75 Å². The van der Waals surface area contributed by atoms with Crippen LogP contribution in [0.3, 0.4) is 0 Å². The summed E-state index contributed by atoms with van der Waals surface area (Å²) in [5.74, 6) is -0.969. The van der Waals surface area contributed by atoms with E-state index in [1.807, 2.05) is 115 Å². The number of amides is 7. The lowest BCUT2D eigenvalue weighted by Crippen LogP contribution is -2.70. The minimum atomic E-state index is -0.908. The fourth-order valence-electron chi connectivity index (χ4n) is 19.5. The van der Waals surface area contributed by atoms with Gasteiger partial charge < -0.3 is 49.1 Å². The van der Waals surface area contributed by atoms with Crippen molar-refractivity contribution in [1.29, 1.82) is 0 Å². The third-order valence-corrected chi connectivity index (χ3v) is 27.4. The van der Waals surface area contributed by atoms with Gasteiger partial charge in [0.2, 0.25) is 24.1 Å². The van der Waals surface area contributed by atoms with Gasteiger partial charge >= 0.3 is 29.9 Å². The van der Waals surface area contributed by atoms with E-state index in [1.165, 1.54) is 66.5 Å². The number of anilines is 2. The largest absolute Gasteiger partial charge is 0.493 e. The molecular weight excluding hydrogens is 1810 g/mol. The number of aryl methyl sites for hydroxylation is 4. The number of piperidine rings is 3. The van der Waals surface area contributed by atoms with Crippen molar-refractivity contribution in [1.82, 2.24) is 54.9 Å². The molecule has 6 saturated heterocycles. The number of aliphatic hydroxyl groups is 1. The number of hydrogen-bond acceptors (Lipinski definition) is 25. The molecule has 7 amide bonds. The molecule has 0 saturated carbocycles. The highest BCUT2D eigenvalue weighted by molar-refractivity contribution is 6.18. The topological polar surface area (TPSA) is 308 Å². The molecule has 4 aromatic carbocycles. The van der Waals surface area contributed by atoms with Gasteiger partial charge in [-0.1, -0.05) is 171 Å². The van der Waals surface area contributed by atoms with E-state index in [2.05, 4.69) is 192 Å². The SMILES string of the molecule is CCCCCCCCCCCCN1C(=O)NC2(CC(C)(C)N(C(C)=O)C(C)(C)C2)C1=O.CCCCN1C(=O)CCN1c1cccc(C)c1.CCCCOC(=O)CCN(O)CCC(=O)OCCCC.CN(C)C.CN1C(C)(C)CC(OC(=O)C(=Cc2ccc(CO)cc2)C(=O)OC2CC(C)(C)N(C)C(C)(C)C2)CC1(C)C.Cc1ccc(OCCCCN(C)N(C)C)c(C)c1.Cc1cccc(N2CCC(=O)N2C=O)c1.